The standard InChI is InChI=1S/C8H14O2/c1-2-4-6-8(5-3-1)7-9-10-8/h1-7H2. The van der Waals surface area contributed by atoms with Crippen LogP contribution in [-0.4, -0.2) is 12.2 Å². The van der Waals surface area contributed by atoms with Crippen LogP contribution in [0, 0.1) is 0 Å². The van der Waals surface area contributed by atoms with Gasteiger partial charge in [0.2, 0.25) is 0 Å². The highest BCUT2D eigenvalue weighted by Gasteiger charge is 2.40. The molecule has 0 aromatic heterocycles. The van der Waals surface area contributed by atoms with E-state index >= 15 is 0 Å². The van der Waals surface area contributed by atoms with Gasteiger partial charge in [-0.15, -0.1) is 0 Å². The Morgan fingerprint density at radius 3 is 1.90 bits per heavy atom. The van der Waals surface area contributed by atoms with Crippen molar-refractivity contribution < 1.29 is 9.78 Å². The lowest BCUT2D eigenvalue weighted by Gasteiger charge is -2.38. The van der Waals surface area contributed by atoms with Crippen molar-refractivity contribution in [3.63, 3.8) is 0 Å². The van der Waals surface area contributed by atoms with E-state index in [1.165, 1.54) is 38.5 Å². The number of rotatable bonds is 0. The van der Waals surface area contributed by atoms with Crippen LogP contribution in [0.25, 0.3) is 0 Å². The lowest BCUT2D eigenvalue weighted by atomic mass is 9.95. The highest BCUT2D eigenvalue weighted by molar-refractivity contribution is 4.84. The molecule has 1 saturated heterocycles. The third kappa shape index (κ3) is 1.06. The maximum atomic E-state index is 5.14. The van der Waals surface area contributed by atoms with Crippen LogP contribution in [0.2, 0.25) is 0 Å². The average Bonchev–Trinajstić information content (AvgIpc) is 2.08. The first kappa shape index (κ1) is 6.62. The van der Waals surface area contributed by atoms with Gasteiger partial charge in [0.15, 0.2) is 0 Å². The van der Waals surface area contributed by atoms with E-state index in [2.05, 4.69) is 0 Å². The predicted octanol–water partition coefficient (Wildman–Crippen LogP) is 2.04. The molecule has 2 rings (SSSR count). The molecule has 0 bridgehead atoms. The first-order valence-electron chi connectivity index (χ1n) is 4.22. The molecular weight excluding hydrogens is 128 g/mol. The molecule has 0 aromatic carbocycles. The highest BCUT2D eigenvalue weighted by atomic mass is 17.2. The molecule has 1 spiro atoms. The molecule has 2 aliphatic rings. The summed E-state index contributed by atoms with van der Waals surface area (Å²) >= 11 is 0. The van der Waals surface area contributed by atoms with E-state index in [1.54, 1.807) is 0 Å². The molecule has 58 valence electrons. The second-order valence-electron chi connectivity index (χ2n) is 3.44. The van der Waals surface area contributed by atoms with Gasteiger partial charge in [-0.25, -0.2) is 9.78 Å². The third-order valence-corrected chi connectivity index (χ3v) is 2.57. The number of hydrogen-bond acceptors (Lipinski definition) is 2. The van der Waals surface area contributed by atoms with Crippen LogP contribution in [-0.2, 0) is 9.78 Å². The summed E-state index contributed by atoms with van der Waals surface area (Å²) in [5.74, 6) is 0. The van der Waals surface area contributed by atoms with Gasteiger partial charge in [0.05, 0.1) is 0 Å². The van der Waals surface area contributed by atoms with Crippen molar-refractivity contribution in [2.45, 2.75) is 44.1 Å². The Morgan fingerprint density at radius 1 is 0.900 bits per heavy atom. The molecular formula is C8H14O2. The molecule has 0 unspecified atom stereocenters. The molecule has 2 fully saturated rings. The van der Waals surface area contributed by atoms with Crippen LogP contribution in [0.1, 0.15) is 38.5 Å². The van der Waals surface area contributed by atoms with Gasteiger partial charge in [0, 0.05) is 0 Å². The molecule has 0 radical (unpaired) electrons. The van der Waals surface area contributed by atoms with E-state index in [0.29, 0.717) is 0 Å². The average molecular weight is 142 g/mol. The maximum absolute atomic E-state index is 5.14. The second-order valence-corrected chi connectivity index (χ2v) is 3.44. The van der Waals surface area contributed by atoms with Crippen LogP contribution in [0.4, 0.5) is 0 Å². The molecule has 0 aromatic rings. The van der Waals surface area contributed by atoms with Crippen molar-refractivity contribution in [2.75, 3.05) is 6.61 Å². The second kappa shape index (κ2) is 2.51. The van der Waals surface area contributed by atoms with Crippen molar-refractivity contribution in [2.24, 2.45) is 0 Å². The minimum Gasteiger partial charge on any atom is -0.233 e. The van der Waals surface area contributed by atoms with E-state index < -0.39 is 0 Å². The largest absolute Gasteiger partial charge is 0.233 e. The fraction of sp³-hybridized carbons (Fsp3) is 1.00. The number of hydrogen-bond donors (Lipinski definition) is 0. The van der Waals surface area contributed by atoms with Crippen molar-refractivity contribution in [1.29, 1.82) is 0 Å². The summed E-state index contributed by atoms with van der Waals surface area (Å²) in [6, 6.07) is 0. The topological polar surface area (TPSA) is 18.5 Å². The Kier molecular flexibility index (Phi) is 1.66. The summed E-state index contributed by atoms with van der Waals surface area (Å²) in [6.45, 7) is 0.840. The van der Waals surface area contributed by atoms with E-state index in [4.69, 9.17) is 9.78 Å². The van der Waals surface area contributed by atoms with Gasteiger partial charge in [0.1, 0.15) is 12.2 Å². The van der Waals surface area contributed by atoms with Gasteiger partial charge >= 0.3 is 0 Å². The van der Waals surface area contributed by atoms with Gasteiger partial charge < -0.3 is 0 Å². The minimum absolute atomic E-state index is 0.163. The van der Waals surface area contributed by atoms with Crippen molar-refractivity contribution in [1.82, 2.24) is 0 Å². The molecule has 1 saturated carbocycles. The lowest BCUT2D eigenvalue weighted by Crippen LogP contribution is -2.46. The predicted molar refractivity (Wildman–Crippen MR) is 37.5 cm³/mol. The molecule has 2 nitrogen and oxygen atoms in total. The van der Waals surface area contributed by atoms with E-state index in [0.717, 1.165) is 6.61 Å². The molecule has 0 N–H and O–H groups in total. The van der Waals surface area contributed by atoms with Crippen LogP contribution in [0.3, 0.4) is 0 Å². The summed E-state index contributed by atoms with van der Waals surface area (Å²) < 4.78 is 0. The van der Waals surface area contributed by atoms with E-state index in [1.807, 2.05) is 0 Å². The van der Waals surface area contributed by atoms with Crippen molar-refractivity contribution in [3.8, 4) is 0 Å². The summed E-state index contributed by atoms with van der Waals surface area (Å²) in [4.78, 5) is 9.91. The third-order valence-electron chi connectivity index (χ3n) is 2.57. The Labute approximate surface area is 61.4 Å². The SMILES string of the molecule is C1CCCC2(CC1)COO2. The first-order valence-corrected chi connectivity index (χ1v) is 4.22. The molecule has 0 amide bonds. The smallest absolute Gasteiger partial charge is 0.130 e. The van der Waals surface area contributed by atoms with Gasteiger partial charge in [-0.2, -0.15) is 0 Å². The van der Waals surface area contributed by atoms with E-state index in [9.17, 15) is 0 Å². The Bertz CT molecular complexity index is 108. The van der Waals surface area contributed by atoms with Crippen LogP contribution in [0.5, 0.6) is 0 Å². The molecule has 2 heteroatoms. The van der Waals surface area contributed by atoms with E-state index in [-0.39, 0.29) is 5.60 Å². The minimum atomic E-state index is 0.163. The maximum Gasteiger partial charge on any atom is 0.130 e. The Morgan fingerprint density at radius 2 is 1.50 bits per heavy atom. The fourth-order valence-electron chi connectivity index (χ4n) is 1.83. The zero-order valence-electron chi connectivity index (χ0n) is 6.27. The Balaban J connectivity index is 1.92. The summed E-state index contributed by atoms with van der Waals surface area (Å²) in [6.07, 6.45) is 7.84. The molecule has 1 aliphatic carbocycles. The summed E-state index contributed by atoms with van der Waals surface area (Å²) in [7, 11) is 0. The quantitative estimate of drug-likeness (QED) is 0.482. The summed E-state index contributed by atoms with van der Waals surface area (Å²) in [5.41, 5.74) is 0.163. The monoisotopic (exact) mass is 142 g/mol. The van der Waals surface area contributed by atoms with Gasteiger partial charge in [-0.05, 0) is 12.8 Å². The normalized spacial score (nSPS) is 31.2. The van der Waals surface area contributed by atoms with Gasteiger partial charge in [0.25, 0.3) is 0 Å². The Hall–Kier alpha value is -0.0800. The highest BCUT2D eigenvalue weighted by Crippen LogP contribution is 2.36. The van der Waals surface area contributed by atoms with Gasteiger partial charge in [-0.3, -0.25) is 0 Å². The molecule has 1 aliphatic heterocycles. The van der Waals surface area contributed by atoms with Gasteiger partial charge in [-0.1, -0.05) is 25.7 Å². The summed E-state index contributed by atoms with van der Waals surface area (Å²) in [5, 5.41) is 0. The first-order chi connectivity index (χ1) is 4.91. The zero-order chi connectivity index (χ0) is 6.86. The fourth-order valence-corrected chi connectivity index (χ4v) is 1.83. The van der Waals surface area contributed by atoms with Crippen LogP contribution < -0.4 is 0 Å². The van der Waals surface area contributed by atoms with Crippen molar-refractivity contribution in [3.05, 3.63) is 0 Å². The molecule has 10 heavy (non-hydrogen) atoms. The van der Waals surface area contributed by atoms with Crippen LogP contribution in [0.15, 0.2) is 0 Å². The molecule has 0 atom stereocenters. The zero-order valence-corrected chi connectivity index (χ0v) is 6.27. The molecule has 1 heterocycles. The van der Waals surface area contributed by atoms with Crippen molar-refractivity contribution >= 4 is 0 Å². The van der Waals surface area contributed by atoms with Crippen LogP contribution >= 0.6 is 0 Å². The lowest BCUT2D eigenvalue weighted by molar-refractivity contribution is -0.473.